The van der Waals surface area contributed by atoms with Gasteiger partial charge in [0, 0.05) is 11.2 Å². The van der Waals surface area contributed by atoms with Crippen LogP contribution in [0.15, 0.2) is 69.2 Å². The molecule has 0 fully saturated rings. The number of aromatic amines is 1. The van der Waals surface area contributed by atoms with Crippen LogP contribution in [-0.4, -0.2) is 20.9 Å². The Morgan fingerprint density at radius 3 is 2.38 bits per heavy atom. The molecule has 1 heterocycles. The average molecular weight is 342 g/mol. The lowest BCUT2D eigenvalue weighted by atomic mass is 10.3. The molecule has 0 amide bonds. The monoisotopic (exact) mass is 341 g/mol. The van der Waals surface area contributed by atoms with Crippen LogP contribution in [0, 0.1) is 0 Å². The second kappa shape index (κ2) is 6.55. The zero-order chi connectivity index (χ0) is 17.1. The first-order valence-corrected chi connectivity index (χ1v) is 7.37. The first-order chi connectivity index (χ1) is 11.6. The van der Waals surface area contributed by atoms with E-state index in [2.05, 4.69) is 9.98 Å². The first kappa shape index (κ1) is 15.8. The van der Waals surface area contributed by atoms with Gasteiger partial charge in [0.05, 0.1) is 11.4 Å². The van der Waals surface area contributed by atoms with Crippen molar-refractivity contribution < 1.29 is 5.11 Å². The van der Waals surface area contributed by atoms with Crippen LogP contribution in [0.5, 0.6) is 5.88 Å². The Morgan fingerprint density at radius 1 is 1.04 bits per heavy atom. The summed E-state index contributed by atoms with van der Waals surface area (Å²) in [5, 5.41) is 10.9. The van der Waals surface area contributed by atoms with Gasteiger partial charge < -0.3 is 5.11 Å². The van der Waals surface area contributed by atoms with E-state index in [1.165, 1.54) is 6.21 Å². The molecule has 0 spiro atoms. The van der Waals surface area contributed by atoms with Gasteiger partial charge in [0.2, 0.25) is 5.88 Å². The maximum absolute atomic E-state index is 12.0. The zero-order valence-corrected chi connectivity index (χ0v) is 13.1. The summed E-state index contributed by atoms with van der Waals surface area (Å²) in [4.78, 5) is 30.3. The molecule has 1 aromatic heterocycles. The number of rotatable bonds is 3. The quantitative estimate of drug-likeness (QED) is 0.718. The standard InChI is InChI=1S/C17H12ClN3O3/c18-11-6-8-13(9-7-11)21-16(23)14(15(22)20-17(21)24)10-19-12-4-2-1-3-5-12/h1-10,23H,(H,20,22,24). The molecule has 7 heteroatoms. The Kier molecular flexibility index (Phi) is 4.31. The summed E-state index contributed by atoms with van der Waals surface area (Å²) in [5.74, 6) is -0.495. The summed E-state index contributed by atoms with van der Waals surface area (Å²) in [6.07, 6.45) is 1.22. The highest BCUT2D eigenvalue weighted by Gasteiger charge is 2.14. The van der Waals surface area contributed by atoms with E-state index < -0.39 is 17.1 Å². The predicted octanol–water partition coefficient (Wildman–Crippen LogP) is 2.64. The van der Waals surface area contributed by atoms with Crippen molar-refractivity contribution in [1.82, 2.24) is 9.55 Å². The lowest BCUT2D eigenvalue weighted by Crippen LogP contribution is -2.31. The van der Waals surface area contributed by atoms with E-state index in [9.17, 15) is 14.7 Å². The van der Waals surface area contributed by atoms with Gasteiger partial charge in [0.15, 0.2) is 0 Å². The topological polar surface area (TPSA) is 87.5 Å². The average Bonchev–Trinajstić information content (AvgIpc) is 2.57. The number of para-hydroxylation sites is 1. The maximum atomic E-state index is 12.0. The zero-order valence-electron chi connectivity index (χ0n) is 12.3. The Morgan fingerprint density at radius 2 is 1.71 bits per heavy atom. The normalized spacial score (nSPS) is 11.0. The SMILES string of the molecule is O=c1[nH]c(=O)n(-c2ccc(Cl)cc2)c(O)c1C=Nc1ccccc1. The second-order valence-electron chi connectivity index (χ2n) is 4.90. The maximum Gasteiger partial charge on any atom is 0.335 e. The van der Waals surface area contributed by atoms with Crippen LogP contribution < -0.4 is 11.2 Å². The fourth-order valence-electron chi connectivity index (χ4n) is 2.14. The van der Waals surface area contributed by atoms with E-state index >= 15 is 0 Å². The van der Waals surface area contributed by atoms with Crippen molar-refractivity contribution in [3.05, 3.63) is 86.0 Å². The molecule has 2 aromatic carbocycles. The smallest absolute Gasteiger partial charge is 0.335 e. The number of aromatic nitrogens is 2. The molecule has 0 saturated heterocycles. The fraction of sp³-hybridized carbons (Fsp3) is 0. The van der Waals surface area contributed by atoms with Gasteiger partial charge in [-0.2, -0.15) is 0 Å². The van der Waals surface area contributed by atoms with Gasteiger partial charge in [-0.3, -0.25) is 14.8 Å². The van der Waals surface area contributed by atoms with Gasteiger partial charge in [0.25, 0.3) is 5.56 Å². The molecular weight excluding hydrogens is 330 g/mol. The number of halogens is 1. The molecule has 0 unspecified atom stereocenters. The highest BCUT2D eigenvalue weighted by atomic mass is 35.5. The highest BCUT2D eigenvalue weighted by Crippen LogP contribution is 2.18. The van der Waals surface area contributed by atoms with Crippen molar-refractivity contribution in [1.29, 1.82) is 0 Å². The lowest BCUT2D eigenvalue weighted by Gasteiger charge is -2.09. The summed E-state index contributed by atoms with van der Waals surface area (Å²) in [6.45, 7) is 0. The molecule has 0 aliphatic heterocycles. The minimum absolute atomic E-state index is 0.117. The molecule has 3 aromatic rings. The number of benzene rings is 2. The highest BCUT2D eigenvalue weighted by molar-refractivity contribution is 6.30. The third kappa shape index (κ3) is 3.13. The van der Waals surface area contributed by atoms with Crippen LogP contribution >= 0.6 is 11.6 Å². The van der Waals surface area contributed by atoms with Crippen LogP contribution in [0.4, 0.5) is 5.69 Å². The lowest BCUT2D eigenvalue weighted by molar-refractivity contribution is 0.430. The van der Waals surface area contributed by atoms with Gasteiger partial charge in [-0.1, -0.05) is 29.8 Å². The van der Waals surface area contributed by atoms with Crippen molar-refractivity contribution in [2.24, 2.45) is 4.99 Å². The minimum atomic E-state index is -0.753. The summed E-state index contributed by atoms with van der Waals surface area (Å²) < 4.78 is 0.976. The van der Waals surface area contributed by atoms with E-state index in [0.29, 0.717) is 16.4 Å². The first-order valence-electron chi connectivity index (χ1n) is 6.99. The molecular formula is C17H12ClN3O3. The summed E-state index contributed by atoms with van der Waals surface area (Å²) >= 11 is 5.82. The van der Waals surface area contributed by atoms with Crippen molar-refractivity contribution in [2.45, 2.75) is 0 Å². The van der Waals surface area contributed by atoms with E-state index in [1.807, 2.05) is 6.07 Å². The molecule has 120 valence electrons. The van der Waals surface area contributed by atoms with E-state index in [1.54, 1.807) is 48.5 Å². The fourth-order valence-corrected chi connectivity index (χ4v) is 2.26. The van der Waals surface area contributed by atoms with Gasteiger partial charge in [-0.05, 0) is 36.4 Å². The molecule has 0 radical (unpaired) electrons. The van der Waals surface area contributed by atoms with Gasteiger partial charge in [-0.15, -0.1) is 0 Å². The van der Waals surface area contributed by atoms with Crippen molar-refractivity contribution >= 4 is 23.5 Å². The number of hydrogen-bond acceptors (Lipinski definition) is 4. The van der Waals surface area contributed by atoms with Crippen molar-refractivity contribution in [2.75, 3.05) is 0 Å². The molecule has 0 saturated carbocycles. The molecule has 3 rings (SSSR count). The van der Waals surface area contributed by atoms with Crippen molar-refractivity contribution in [3.8, 4) is 11.6 Å². The molecule has 6 nitrogen and oxygen atoms in total. The molecule has 0 bridgehead atoms. The van der Waals surface area contributed by atoms with Crippen LogP contribution in [0.3, 0.4) is 0 Å². The summed E-state index contributed by atoms with van der Waals surface area (Å²) in [7, 11) is 0. The number of hydrogen-bond donors (Lipinski definition) is 2. The number of nitrogens with one attached hydrogen (secondary N) is 1. The number of H-pyrrole nitrogens is 1. The van der Waals surface area contributed by atoms with Crippen molar-refractivity contribution in [3.63, 3.8) is 0 Å². The molecule has 2 N–H and O–H groups in total. The van der Waals surface area contributed by atoms with Crippen LogP contribution in [-0.2, 0) is 0 Å². The number of aliphatic imine (C=N–C) groups is 1. The third-order valence-electron chi connectivity index (χ3n) is 3.30. The van der Waals surface area contributed by atoms with E-state index in [4.69, 9.17) is 11.6 Å². The van der Waals surface area contributed by atoms with E-state index in [0.717, 1.165) is 4.57 Å². The second-order valence-corrected chi connectivity index (χ2v) is 5.34. The van der Waals surface area contributed by atoms with Gasteiger partial charge in [0.1, 0.15) is 5.56 Å². The molecule has 0 atom stereocenters. The Bertz CT molecular complexity index is 1010. The van der Waals surface area contributed by atoms with Gasteiger partial charge in [-0.25, -0.2) is 9.36 Å². The predicted molar refractivity (Wildman–Crippen MR) is 93.0 cm³/mol. The van der Waals surface area contributed by atoms with Gasteiger partial charge >= 0.3 is 5.69 Å². The third-order valence-corrected chi connectivity index (χ3v) is 3.56. The Labute approximate surface area is 141 Å². The van der Waals surface area contributed by atoms with Crippen LogP contribution in [0.2, 0.25) is 5.02 Å². The molecule has 0 aliphatic rings. The number of aromatic hydroxyl groups is 1. The van der Waals surface area contributed by atoms with E-state index in [-0.39, 0.29) is 5.56 Å². The Balaban J connectivity index is 2.13. The molecule has 0 aliphatic carbocycles. The molecule has 24 heavy (non-hydrogen) atoms. The van der Waals surface area contributed by atoms with Crippen LogP contribution in [0.25, 0.3) is 5.69 Å². The Hall–Kier alpha value is -3.12. The number of nitrogens with zero attached hydrogens (tertiary/aromatic N) is 2. The summed E-state index contributed by atoms with van der Waals surface area (Å²) in [6, 6.07) is 15.2. The minimum Gasteiger partial charge on any atom is -0.493 e. The largest absolute Gasteiger partial charge is 0.493 e. The van der Waals surface area contributed by atoms with Crippen LogP contribution in [0.1, 0.15) is 5.56 Å². The summed E-state index contributed by atoms with van der Waals surface area (Å²) in [5.41, 5.74) is -0.611.